The molecule has 0 saturated heterocycles. The maximum absolute atomic E-state index is 11.1. The number of non-ortho nitro benzene ring substituents is 1. The van der Waals surface area contributed by atoms with Gasteiger partial charge in [0, 0.05) is 52.6 Å². The van der Waals surface area contributed by atoms with Crippen molar-refractivity contribution in [3.8, 4) is 5.75 Å². The normalized spacial score (nSPS) is 12.3. The van der Waals surface area contributed by atoms with E-state index in [1.807, 2.05) is 6.07 Å². The average Bonchev–Trinajstić information content (AvgIpc) is 2.98. The van der Waals surface area contributed by atoms with Crippen molar-refractivity contribution in [3.63, 3.8) is 0 Å². The van der Waals surface area contributed by atoms with E-state index in [0.717, 1.165) is 15.4 Å². The van der Waals surface area contributed by atoms with Crippen molar-refractivity contribution in [2.24, 2.45) is 0 Å². The number of benzene rings is 1. The fraction of sp³-hybridized carbons (Fsp3) is 0.188. The fourth-order valence-electron chi connectivity index (χ4n) is 2.68. The lowest BCUT2D eigenvalue weighted by atomic mass is 10.00. The number of hydrogen-bond acceptors (Lipinski definition) is 5. The molecule has 0 amide bonds. The van der Waals surface area contributed by atoms with Crippen molar-refractivity contribution in [1.82, 2.24) is 9.97 Å². The van der Waals surface area contributed by atoms with E-state index < -0.39 is 11.0 Å². The van der Waals surface area contributed by atoms with Crippen LogP contribution in [0.15, 0.2) is 41.1 Å². The number of aromatic amines is 1. The van der Waals surface area contributed by atoms with E-state index in [9.17, 15) is 10.1 Å². The molecule has 7 nitrogen and oxygen atoms in total. The third-order valence-electron chi connectivity index (χ3n) is 3.75. The predicted octanol–water partition coefficient (Wildman–Crippen LogP) is 3.98. The number of nitrogens with zero attached hydrogens (tertiary/aromatic N) is 2. The molecular formula is C16H14BrN3O4. The second-order valence-electron chi connectivity index (χ2n) is 5.09. The van der Waals surface area contributed by atoms with Gasteiger partial charge < -0.3 is 14.5 Å². The van der Waals surface area contributed by atoms with Gasteiger partial charge in [-0.05, 0) is 28.1 Å². The second-order valence-corrected chi connectivity index (χ2v) is 6.01. The summed E-state index contributed by atoms with van der Waals surface area (Å²) in [7, 11) is 3.07. The first kappa shape index (κ1) is 16.4. The van der Waals surface area contributed by atoms with Crippen LogP contribution in [0.5, 0.6) is 5.75 Å². The molecule has 3 rings (SSSR count). The first-order valence-electron chi connectivity index (χ1n) is 7.02. The van der Waals surface area contributed by atoms with Gasteiger partial charge >= 0.3 is 0 Å². The summed E-state index contributed by atoms with van der Waals surface area (Å²) < 4.78 is 11.8. The lowest BCUT2D eigenvalue weighted by Crippen LogP contribution is -2.06. The summed E-state index contributed by atoms with van der Waals surface area (Å²) in [6, 6.07) is 6.37. The zero-order valence-corrected chi connectivity index (χ0v) is 14.5. The predicted molar refractivity (Wildman–Crippen MR) is 92.3 cm³/mol. The standard InChI is InChI=1S/C16H14BrN3O4/c1-23-14-4-3-10(20(21)22)6-12(14)15(24-2)13-8-19-16-11(13)5-9(17)7-18-16/h3-8,15H,1-2H3,(H,18,19). The van der Waals surface area contributed by atoms with Gasteiger partial charge in [0.25, 0.3) is 5.69 Å². The second kappa shape index (κ2) is 6.58. The number of nitrogens with one attached hydrogen (secondary N) is 1. The van der Waals surface area contributed by atoms with E-state index >= 15 is 0 Å². The summed E-state index contributed by atoms with van der Waals surface area (Å²) >= 11 is 3.41. The highest BCUT2D eigenvalue weighted by Crippen LogP contribution is 2.38. The molecule has 1 unspecified atom stereocenters. The van der Waals surface area contributed by atoms with Crippen LogP contribution >= 0.6 is 15.9 Å². The number of methoxy groups -OCH3 is 2. The molecule has 0 aliphatic heterocycles. The summed E-state index contributed by atoms with van der Waals surface area (Å²) in [6.07, 6.45) is 2.94. The van der Waals surface area contributed by atoms with Crippen molar-refractivity contribution < 1.29 is 14.4 Å². The number of pyridine rings is 1. The van der Waals surface area contributed by atoms with E-state index in [2.05, 4.69) is 25.9 Å². The number of aromatic nitrogens is 2. The fourth-order valence-corrected chi connectivity index (χ4v) is 3.01. The van der Waals surface area contributed by atoms with E-state index in [0.29, 0.717) is 17.0 Å². The maximum atomic E-state index is 11.1. The van der Waals surface area contributed by atoms with E-state index in [1.165, 1.54) is 19.2 Å². The van der Waals surface area contributed by atoms with Gasteiger partial charge in [-0.3, -0.25) is 10.1 Å². The molecule has 0 bridgehead atoms. The molecule has 1 N–H and O–H groups in total. The Labute approximate surface area is 145 Å². The topological polar surface area (TPSA) is 90.3 Å². The van der Waals surface area contributed by atoms with Crippen LogP contribution in [0, 0.1) is 10.1 Å². The molecule has 0 aliphatic carbocycles. The SMILES string of the molecule is COc1ccc([N+](=O)[O-])cc1C(OC)c1c[nH]c2ncc(Br)cc12. The Kier molecular flexibility index (Phi) is 4.50. The Morgan fingerprint density at radius 2 is 2.08 bits per heavy atom. The van der Waals surface area contributed by atoms with Crippen LogP contribution in [0.4, 0.5) is 5.69 Å². The van der Waals surface area contributed by atoms with Crippen LogP contribution in [0.3, 0.4) is 0 Å². The highest BCUT2D eigenvalue weighted by Gasteiger charge is 2.24. The Morgan fingerprint density at radius 3 is 2.75 bits per heavy atom. The average molecular weight is 392 g/mol. The lowest BCUT2D eigenvalue weighted by molar-refractivity contribution is -0.385. The van der Waals surface area contributed by atoms with Crippen LogP contribution < -0.4 is 4.74 Å². The van der Waals surface area contributed by atoms with Crippen LogP contribution in [0.25, 0.3) is 11.0 Å². The van der Waals surface area contributed by atoms with Gasteiger partial charge in [-0.25, -0.2) is 4.98 Å². The van der Waals surface area contributed by atoms with Crippen molar-refractivity contribution in [2.45, 2.75) is 6.10 Å². The zero-order valence-electron chi connectivity index (χ0n) is 12.9. The first-order chi connectivity index (χ1) is 11.5. The number of nitro benzene ring substituents is 1. The van der Waals surface area contributed by atoms with Crippen LogP contribution in [-0.4, -0.2) is 29.1 Å². The Balaban J connectivity index is 2.19. The Morgan fingerprint density at radius 1 is 1.29 bits per heavy atom. The van der Waals surface area contributed by atoms with Crippen molar-refractivity contribution in [1.29, 1.82) is 0 Å². The van der Waals surface area contributed by atoms with Crippen LogP contribution in [0.1, 0.15) is 17.2 Å². The summed E-state index contributed by atoms with van der Waals surface area (Å²) in [5.41, 5.74) is 2.09. The molecule has 24 heavy (non-hydrogen) atoms. The quantitative estimate of drug-likeness (QED) is 0.524. The van der Waals surface area contributed by atoms with Crippen LogP contribution in [-0.2, 0) is 4.74 Å². The minimum atomic E-state index is -0.537. The molecule has 0 aliphatic rings. The van der Waals surface area contributed by atoms with Crippen molar-refractivity contribution >= 4 is 32.7 Å². The van der Waals surface area contributed by atoms with Gasteiger partial charge in [-0.15, -0.1) is 0 Å². The summed E-state index contributed by atoms with van der Waals surface area (Å²) in [4.78, 5) is 18.1. The summed E-state index contributed by atoms with van der Waals surface area (Å²) in [5.74, 6) is 0.518. The lowest BCUT2D eigenvalue weighted by Gasteiger charge is -2.18. The number of hydrogen-bond donors (Lipinski definition) is 1. The zero-order chi connectivity index (χ0) is 17.3. The third kappa shape index (κ3) is 2.85. The number of ether oxygens (including phenoxy) is 2. The van der Waals surface area contributed by atoms with E-state index in [-0.39, 0.29) is 5.69 Å². The molecule has 2 aromatic heterocycles. The molecule has 0 fully saturated rings. The third-order valence-corrected chi connectivity index (χ3v) is 4.19. The monoisotopic (exact) mass is 391 g/mol. The maximum Gasteiger partial charge on any atom is 0.270 e. The number of H-pyrrole nitrogens is 1. The van der Waals surface area contributed by atoms with Gasteiger partial charge in [-0.2, -0.15) is 0 Å². The van der Waals surface area contributed by atoms with Crippen molar-refractivity contribution in [2.75, 3.05) is 14.2 Å². The molecule has 0 saturated carbocycles. The van der Waals surface area contributed by atoms with Gasteiger partial charge in [0.1, 0.15) is 17.5 Å². The molecular weight excluding hydrogens is 378 g/mol. The minimum Gasteiger partial charge on any atom is -0.496 e. The van der Waals surface area contributed by atoms with Gasteiger partial charge in [0.15, 0.2) is 0 Å². The van der Waals surface area contributed by atoms with E-state index in [1.54, 1.807) is 25.6 Å². The molecule has 0 spiro atoms. The molecule has 0 radical (unpaired) electrons. The molecule has 1 atom stereocenters. The highest BCUT2D eigenvalue weighted by molar-refractivity contribution is 9.10. The molecule has 8 heteroatoms. The summed E-state index contributed by atoms with van der Waals surface area (Å²) in [5, 5.41) is 12.0. The van der Waals surface area contributed by atoms with E-state index in [4.69, 9.17) is 9.47 Å². The number of rotatable bonds is 5. The molecule has 3 aromatic rings. The largest absolute Gasteiger partial charge is 0.496 e. The Bertz CT molecular complexity index is 909. The Hall–Kier alpha value is -2.45. The first-order valence-corrected chi connectivity index (χ1v) is 7.82. The smallest absolute Gasteiger partial charge is 0.270 e. The minimum absolute atomic E-state index is 0.0213. The van der Waals surface area contributed by atoms with Gasteiger partial charge in [0.2, 0.25) is 0 Å². The highest BCUT2D eigenvalue weighted by atomic mass is 79.9. The molecule has 2 heterocycles. The van der Waals surface area contributed by atoms with Crippen molar-refractivity contribution in [3.05, 3.63) is 62.4 Å². The molecule has 124 valence electrons. The molecule has 1 aromatic carbocycles. The summed E-state index contributed by atoms with van der Waals surface area (Å²) in [6.45, 7) is 0. The van der Waals surface area contributed by atoms with Gasteiger partial charge in [-0.1, -0.05) is 0 Å². The number of nitro groups is 1. The van der Waals surface area contributed by atoms with Crippen LogP contribution in [0.2, 0.25) is 0 Å². The number of fused-ring (bicyclic) bond motifs is 1. The van der Waals surface area contributed by atoms with Gasteiger partial charge in [0.05, 0.1) is 12.0 Å². The number of halogens is 1.